The summed E-state index contributed by atoms with van der Waals surface area (Å²) in [5, 5.41) is 0. The molecule has 0 saturated heterocycles. The summed E-state index contributed by atoms with van der Waals surface area (Å²) in [5.41, 5.74) is 4.41. The minimum Gasteiger partial charge on any atom is -0.466 e. The summed E-state index contributed by atoms with van der Waals surface area (Å²) in [6, 6.07) is 33.8. The molecule has 0 bridgehead atoms. The highest BCUT2D eigenvalue weighted by molar-refractivity contribution is 5.65. The first-order valence-electron chi connectivity index (χ1n) is 12.6. The minimum absolute atomic E-state index is 0.0237. The zero-order valence-corrected chi connectivity index (χ0v) is 21.5. The van der Waals surface area contributed by atoms with Crippen molar-refractivity contribution in [3.05, 3.63) is 108 Å². The van der Waals surface area contributed by atoms with Crippen LogP contribution in [0.25, 0.3) is 0 Å². The molecule has 34 heavy (non-hydrogen) atoms. The van der Waals surface area contributed by atoms with Crippen LogP contribution in [0, 0.1) is 11.8 Å². The van der Waals surface area contributed by atoms with E-state index in [1.165, 1.54) is 42.9 Å². The van der Waals surface area contributed by atoms with Crippen LogP contribution in [0.15, 0.2) is 91.0 Å². The molecule has 2 unspecified atom stereocenters. The molecule has 3 aromatic carbocycles. The molecule has 2 nitrogen and oxygen atoms in total. The Kier molecular flexibility index (Phi) is 8.72. The fourth-order valence-corrected chi connectivity index (χ4v) is 5.86. The van der Waals surface area contributed by atoms with Crippen molar-refractivity contribution in [2.24, 2.45) is 11.8 Å². The van der Waals surface area contributed by atoms with E-state index in [4.69, 9.17) is 0 Å². The third-order valence-electron chi connectivity index (χ3n) is 7.76. The fraction of sp³-hybridized carbons (Fsp3) is 0.406. The van der Waals surface area contributed by atoms with Gasteiger partial charge in [0.05, 0.1) is 6.61 Å². The molecular weight excluding hydrogens is 416 g/mol. The van der Waals surface area contributed by atoms with Crippen molar-refractivity contribution in [1.82, 2.24) is 0 Å². The van der Waals surface area contributed by atoms with E-state index in [0.717, 1.165) is 5.92 Å². The molecule has 1 aliphatic rings. The number of benzene rings is 3. The summed E-state index contributed by atoms with van der Waals surface area (Å²) in [6.45, 7) is 11.0. The third kappa shape index (κ3) is 5.27. The molecule has 0 aromatic heterocycles. The first-order valence-corrected chi connectivity index (χ1v) is 12.6. The van der Waals surface area contributed by atoms with Gasteiger partial charge in [0.1, 0.15) is 0 Å². The molecule has 0 amide bonds. The lowest BCUT2D eigenvalue weighted by Crippen LogP contribution is -2.53. The first-order chi connectivity index (χ1) is 16.3. The van der Waals surface area contributed by atoms with E-state index in [1.807, 2.05) is 0 Å². The first kappa shape index (κ1) is 25.7. The maximum atomic E-state index is 9.82. The monoisotopic (exact) mass is 456 g/mol. The molecular formula is C32H40O2. The Labute approximate surface area is 206 Å². The van der Waals surface area contributed by atoms with Crippen LogP contribution >= 0.6 is 0 Å². The normalized spacial score (nSPS) is 21.3. The molecule has 3 aromatic rings. The smallest absolute Gasteiger partial charge is 0.302 e. The lowest BCUT2D eigenvalue weighted by molar-refractivity contribution is -0.140. The molecule has 0 heterocycles. The molecule has 2 atom stereocenters. The van der Waals surface area contributed by atoms with E-state index in [2.05, 4.69) is 117 Å². The van der Waals surface area contributed by atoms with Gasteiger partial charge in [-0.3, -0.25) is 4.79 Å². The van der Waals surface area contributed by atoms with Gasteiger partial charge in [-0.05, 0) is 54.7 Å². The van der Waals surface area contributed by atoms with Gasteiger partial charge in [0, 0.05) is 17.8 Å². The summed E-state index contributed by atoms with van der Waals surface area (Å²) in [7, 11) is 0. The Balaban J connectivity index is 0.000000481. The molecule has 1 aliphatic carbocycles. The maximum Gasteiger partial charge on any atom is 0.302 e. The van der Waals surface area contributed by atoms with Gasteiger partial charge in [-0.1, -0.05) is 112 Å². The average molecular weight is 457 g/mol. The summed E-state index contributed by atoms with van der Waals surface area (Å²) in [4.78, 5) is 9.82. The zero-order valence-electron chi connectivity index (χ0n) is 21.5. The molecule has 0 radical (unpaired) electrons. The Morgan fingerprint density at radius 2 is 1.29 bits per heavy atom. The van der Waals surface area contributed by atoms with Crippen molar-refractivity contribution in [3.8, 4) is 0 Å². The van der Waals surface area contributed by atoms with Crippen LogP contribution in [0.2, 0.25) is 0 Å². The molecule has 1 saturated carbocycles. The van der Waals surface area contributed by atoms with Crippen LogP contribution in [0.5, 0.6) is 0 Å². The van der Waals surface area contributed by atoms with E-state index < -0.39 is 0 Å². The van der Waals surface area contributed by atoms with Crippen molar-refractivity contribution < 1.29 is 9.53 Å². The summed E-state index contributed by atoms with van der Waals surface area (Å²) in [6.07, 6.45) is 3.71. The number of hydrogen-bond acceptors (Lipinski definition) is 2. The van der Waals surface area contributed by atoms with Crippen molar-refractivity contribution in [3.63, 3.8) is 0 Å². The summed E-state index contributed by atoms with van der Waals surface area (Å²) >= 11 is 0. The van der Waals surface area contributed by atoms with Gasteiger partial charge >= 0.3 is 5.97 Å². The SMILES string of the molecule is CC(C)C1CCC(C)(c2ccccc2)C(c2ccccc2)(c2ccccc2)C1.CCOC(C)=O. The lowest BCUT2D eigenvalue weighted by Gasteiger charge is -2.56. The Morgan fingerprint density at radius 1 is 0.853 bits per heavy atom. The van der Waals surface area contributed by atoms with Crippen LogP contribution in [0.4, 0.5) is 0 Å². The average Bonchev–Trinajstić information content (AvgIpc) is 2.86. The quantitative estimate of drug-likeness (QED) is 0.364. The van der Waals surface area contributed by atoms with Crippen molar-refractivity contribution >= 4 is 5.97 Å². The van der Waals surface area contributed by atoms with Crippen molar-refractivity contribution in [2.75, 3.05) is 6.61 Å². The van der Waals surface area contributed by atoms with Gasteiger partial charge in [-0.25, -0.2) is 0 Å². The molecule has 1 fully saturated rings. The molecule has 4 rings (SSSR count). The van der Waals surface area contributed by atoms with Crippen LogP contribution in [0.1, 0.15) is 70.6 Å². The van der Waals surface area contributed by atoms with Crippen molar-refractivity contribution in [2.45, 2.75) is 64.7 Å². The van der Waals surface area contributed by atoms with E-state index in [9.17, 15) is 4.79 Å². The van der Waals surface area contributed by atoms with Crippen LogP contribution in [-0.2, 0) is 20.4 Å². The van der Waals surface area contributed by atoms with E-state index in [0.29, 0.717) is 12.5 Å². The van der Waals surface area contributed by atoms with Gasteiger partial charge in [0.25, 0.3) is 0 Å². The van der Waals surface area contributed by atoms with Gasteiger partial charge in [-0.15, -0.1) is 0 Å². The number of carbonyl (C=O) groups excluding carboxylic acids is 1. The predicted molar refractivity (Wildman–Crippen MR) is 142 cm³/mol. The predicted octanol–water partition coefficient (Wildman–Crippen LogP) is 7.96. The second-order valence-corrected chi connectivity index (χ2v) is 10.0. The second-order valence-electron chi connectivity index (χ2n) is 10.0. The number of esters is 1. The Hall–Kier alpha value is -2.87. The highest BCUT2D eigenvalue weighted by Gasteiger charge is 2.54. The van der Waals surface area contributed by atoms with E-state index in [-0.39, 0.29) is 16.8 Å². The van der Waals surface area contributed by atoms with E-state index >= 15 is 0 Å². The summed E-state index contributed by atoms with van der Waals surface area (Å²) in [5.74, 6) is 1.22. The standard InChI is InChI=1S/C28H32.C4H8O2/c1-22(2)23-19-20-27(3,24-13-7-4-8-14-24)28(21-23,25-15-9-5-10-16-25)26-17-11-6-12-18-26;1-3-6-4(2)5/h4-18,22-23H,19-21H2,1-3H3;3H2,1-2H3. The zero-order chi connectivity index (χ0) is 24.6. The molecule has 2 heteroatoms. The number of hydrogen-bond donors (Lipinski definition) is 0. The van der Waals surface area contributed by atoms with Crippen molar-refractivity contribution in [1.29, 1.82) is 0 Å². The van der Waals surface area contributed by atoms with Crippen LogP contribution in [0.3, 0.4) is 0 Å². The molecule has 180 valence electrons. The minimum atomic E-state index is -0.211. The molecule has 0 spiro atoms. The molecule has 0 aliphatic heterocycles. The Morgan fingerprint density at radius 3 is 1.65 bits per heavy atom. The second kappa shape index (κ2) is 11.5. The summed E-state index contributed by atoms with van der Waals surface area (Å²) < 4.78 is 4.40. The van der Waals surface area contributed by atoms with Gasteiger partial charge < -0.3 is 4.74 Å². The maximum absolute atomic E-state index is 9.82. The number of rotatable bonds is 5. The lowest BCUT2D eigenvalue weighted by atomic mass is 9.47. The van der Waals surface area contributed by atoms with Gasteiger partial charge in [0.2, 0.25) is 0 Å². The third-order valence-corrected chi connectivity index (χ3v) is 7.76. The Bertz CT molecular complexity index is 971. The van der Waals surface area contributed by atoms with Gasteiger partial charge in [-0.2, -0.15) is 0 Å². The highest BCUT2D eigenvalue weighted by Crippen LogP contribution is 2.59. The van der Waals surface area contributed by atoms with Gasteiger partial charge in [0.15, 0.2) is 0 Å². The topological polar surface area (TPSA) is 26.3 Å². The molecule has 0 N–H and O–H groups in total. The highest BCUT2D eigenvalue weighted by atomic mass is 16.5. The number of carbonyl (C=O) groups is 1. The number of ether oxygens (including phenoxy) is 1. The largest absolute Gasteiger partial charge is 0.466 e. The van der Waals surface area contributed by atoms with Crippen LogP contribution in [-0.4, -0.2) is 12.6 Å². The van der Waals surface area contributed by atoms with Crippen LogP contribution < -0.4 is 0 Å². The van der Waals surface area contributed by atoms with E-state index in [1.54, 1.807) is 6.92 Å². The fourth-order valence-electron chi connectivity index (χ4n) is 5.86.